The third kappa shape index (κ3) is 6.63. The summed E-state index contributed by atoms with van der Waals surface area (Å²) in [5, 5.41) is 22.6. The lowest BCUT2D eigenvalue weighted by Gasteiger charge is -2.35. The molecule has 2 amide bonds. The Hall–Kier alpha value is -4.99. The van der Waals surface area contributed by atoms with E-state index >= 15 is 8.78 Å². The van der Waals surface area contributed by atoms with Gasteiger partial charge < -0.3 is 15.4 Å². The standard InChI is InChI=1S/C33H34ClF4N9O3/c1-31(2,3)15-33(21-7-6-20(25(35)26(21)36)19-12-41-45(13-19)28(37)38)27(48)47(29(39)43-33)24(14-50-30(49)44-32(4)9-10-32)18-5-8-22(34)23(11-18)46-17-40-16-42-46/h5-8,11-13,16-17,24,28H,9-10,14-15H2,1-4H3,(H2,39,43)(H,44,49)/t24-,33-/m1/s1. The van der Waals surface area contributed by atoms with Crippen LogP contribution >= 0.6 is 11.6 Å². The summed E-state index contributed by atoms with van der Waals surface area (Å²) in [6.45, 7) is 3.84. The molecule has 17 heteroatoms. The lowest BCUT2D eigenvalue weighted by atomic mass is 9.75. The van der Waals surface area contributed by atoms with Crippen LogP contribution in [0.15, 0.2) is 55.4 Å². The monoisotopic (exact) mass is 715 g/mol. The van der Waals surface area contributed by atoms with E-state index in [2.05, 4.69) is 25.8 Å². The molecule has 1 aliphatic heterocycles. The smallest absolute Gasteiger partial charge is 0.407 e. The van der Waals surface area contributed by atoms with Gasteiger partial charge in [-0.1, -0.05) is 50.6 Å². The zero-order valence-electron chi connectivity index (χ0n) is 27.5. The second-order valence-electron chi connectivity index (χ2n) is 13.9. The maximum Gasteiger partial charge on any atom is 0.407 e. The van der Waals surface area contributed by atoms with E-state index < -0.39 is 70.8 Å². The lowest BCUT2D eigenvalue weighted by molar-refractivity contribution is -0.135. The zero-order chi connectivity index (χ0) is 36.2. The number of aromatic nitrogens is 5. The van der Waals surface area contributed by atoms with Crippen molar-refractivity contribution in [3.8, 4) is 16.8 Å². The van der Waals surface area contributed by atoms with Gasteiger partial charge in [0.1, 0.15) is 24.8 Å². The minimum atomic E-state index is -2.99. The van der Waals surface area contributed by atoms with Crippen molar-refractivity contribution in [1.82, 2.24) is 40.1 Å². The first-order chi connectivity index (χ1) is 23.5. The number of guanidine groups is 1. The van der Waals surface area contributed by atoms with Gasteiger partial charge in [-0.3, -0.25) is 15.1 Å². The molecule has 0 spiro atoms. The SMILES string of the molecule is CC(C)(C)C[C@]1(c2ccc(-c3cnn(C(F)F)c3)c(F)c2F)NC(=N)N([C@H](COC(=O)NC2(C)CC2)c2ccc(Cl)c(-n3cncn3)c2)C1=O. The van der Waals surface area contributed by atoms with Crippen LogP contribution in [0.25, 0.3) is 16.8 Å². The van der Waals surface area contributed by atoms with Crippen LogP contribution in [-0.2, 0) is 15.1 Å². The first kappa shape index (κ1) is 34.9. The number of ether oxygens (including phenoxy) is 1. The van der Waals surface area contributed by atoms with Gasteiger partial charge in [0.2, 0.25) is 0 Å². The number of halogens is 5. The molecule has 1 aliphatic carbocycles. The van der Waals surface area contributed by atoms with Gasteiger partial charge in [0.15, 0.2) is 17.6 Å². The summed E-state index contributed by atoms with van der Waals surface area (Å²) in [5.41, 5.74) is -3.17. The van der Waals surface area contributed by atoms with E-state index in [1.165, 1.54) is 29.5 Å². The minimum absolute atomic E-state index is 0.0975. The third-order valence-corrected chi connectivity index (χ3v) is 9.03. The van der Waals surface area contributed by atoms with Crippen molar-refractivity contribution in [2.75, 3.05) is 6.61 Å². The molecule has 12 nitrogen and oxygen atoms in total. The van der Waals surface area contributed by atoms with Crippen molar-refractivity contribution in [2.24, 2.45) is 5.41 Å². The van der Waals surface area contributed by atoms with Crippen LogP contribution in [0.1, 0.15) is 70.7 Å². The summed E-state index contributed by atoms with van der Waals surface area (Å²) in [6, 6.07) is 5.98. The number of alkyl halides is 2. The van der Waals surface area contributed by atoms with Crippen molar-refractivity contribution in [1.29, 1.82) is 5.41 Å². The Kier molecular flexibility index (Phi) is 8.87. The van der Waals surface area contributed by atoms with Gasteiger partial charge in [-0.05, 0) is 49.3 Å². The van der Waals surface area contributed by atoms with Crippen LogP contribution in [0.4, 0.5) is 22.4 Å². The van der Waals surface area contributed by atoms with E-state index in [4.69, 9.17) is 21.7 Å². The van der Waals surface area contributed by atoms with E-state index in [0.29, 0.717) is 15.9 Å². The van der Waals surface area contributed by atoms with Crippen LogP contribution in [-0.4, -0.2) is 59.6 Å². The molecule has 3 heterocycles. The second kappa shape index (κ2) is 12.7. The minimum Gasteiger partial charge on any atom is -0.447 e. The van der Waals surface area contributed by atoms with Crippen LogP contribution in [0.3, 0.4) is 0 Å². The number of rotatable bonds is 10. The molecular formula is C33H34ClF4N9O3. The number of alkyl carbamates (subject to hydrolysis) is 1. The fourth-order valence-electron chi connectivity index (χ4n) is 6.11. The number of nitrogens with one attached hydrogen (secondary N) is 3. The molecule has 3 N–H and O–H groups in total. The Labute approximate surface area is 289 Å². The highest BCUT2D eigenvalue weighted by atomic mass is 35.5. The van der Waals surface area contributed by atoms with E-state index in [1.807, 2.05) is 6.92 Å². The summed E-state index contributed by atoms with van der Waals surface area (Å²) in [5.74, 6) is -4.06. The highest BCUT2D eigenvalue weighted by molar-refractivity contribution is 6.32. The number of carbonyl (C=O) groups excluding carboxylic acids is 2. The number of benzene rings is 2. The first-order valence-corrected chi connectivity index (χ1v) is 16.0. The largest absolute Gasteiger partial charge is 0.447 e. The normalized spacial score (nSPS) is 19.1. The maximum atomic E-state index is 16.3. The van der Waals surface area contributed by atoms with Crippen molar-refractivity contribution in [3.05, 3.63) is 83.2 Å². The van der Waals surface area contributed by atoms with Crippen LogP contribution in [0.5, 0.6) is 0 Å². The molecule has 0 unspecified atom stereocenters. The molecular weight excluding hydrogens is 682 g/mol. The quantitative estimate of drug-likeness (QED) is 0.160. The molecule has 0 bridgehead atoms. The average molecular weight is 716 g/mol. The molecule has 2 aromatic heterocycles. The molecule has 2 atom stereocenters. The summed E-state index contributed by atoms with van der Waals surface area (Å²) >= 11 is 6.48. The summed E-state index contributed by atoms with van der Waals surface area (Å²) in [6.07, 6.45) is 5.30. The number of hydrogen-bond acceptors (Lipinski definition) is 7. The molecule has 4 aromatic rings. The van der Waals surface area contributed by atoms with Crippen LogP contribution in [0.2, 0.25) is 5.02 Å². The van der Waals surface area contributed by atoms with Crippen LogP contribution in [0, 0.1) is 22.5 Å². The van der Waals surface area contributed by atoms with Crippen LogP contribution < -0.4 is 10.6 Å². The Balaban J connectivity index is 1.43. The van der Waals surface area contributed by atoms with Crippen molar-refractivity contribution in [3.63, 3.8) is 0 Å². The predicted molar refractivity (Wildman–Crippen MR) is 174 cm³/mol. The van der Waals surface area contributed by atoms with E-state index in [9.17, 15) is 18.4 Å². The number of nitrogens with zero attached hydrogens (tertiary/aromatic N) is 6. The highest BCUT2D eigenvalue weighted by Crippen LogP contribution is 2.44. The Morgan fingerprint density at radius 3 is 2.52 bits per heavy atom. The Morgan fingerprint density at radius 2 is 1.90 bits per heavy atom. The van der Waals surface area contributed by atoms with Crippen molar-refractivity contribution >= 4 is 29.6 Å². The van der Waals surface area contributed by atoms with Crippen molar-refractivity contribution in [2.45, 2.75) is 70.6 Å². The highest BCUT2D eigenvalue weighted by Gasteiger charge is 2.56. The summed E-state index contributed by atoms with van der Waals surface area (Å²) < 4.78 is 65.7. The Bertz CT molecular complexity index is 1960. The van der Waals surface area contributed by atoms with Gasteiger partial charge >= 0.3 is 12.6 Å². The average Bonchev–Trinajstić information content (AvgIpc) is 3.42. The predicted octanol–water partition coefficient (Wildman–Crippen LogP) is 6.48. The number of amides is 2. The fourth-order valence-corrected chi connectivity index (χ4v) is 6.32. The molecule has 2 fully saturated rings. The van der Waals surface area contributed by atoms with Gasteiger partial charge in [-0.15, -0.1) is 0 Å². The van der Waals surface area contributed by atoms with E-state index in [-0.39, 0.29) is 22.6 Å². The number of carbonyl (C=O) groups is 2. The van der Waals surface area contributed by atoms with E-state index in [1.54, 1.807) is 39.0 Å². The van der Waals surface area contributed by atoms with Gasteiger partial charge in [0.25, 0.3) is 5.91 Å². The molecule has 0 radical (unpaired) electrons. The summed E-state index contributed by atoms with van der Waals surface area (Å²) in [7, 11) is 0. The van der Waals surface area contributed by atoms with Gasteiger partial charge in [0, 0.05) is 28.4 Å². The molecule has 1 saturated carbocycles. The van der Waals surface area contributed by atoms with Crippen molar-refractivity contribution < 1.29 is 31.9 Å². The molecule has 2 aromatic carbocycles. The third-order valence-electron chi connectivity index (χ3n) is 8.72. The molecule has 2 aliphatic rings. The lowest BCUT2D eigenvalue weighted by Crippen LogP contribution is -2.48. The molecule has 264 valence electrons. The topological polar surface area (TPSA) is 143 Å². The first-order valence-electron chi connectivity index (χ1n) is 15.6. The van der Waals surface area contributed by atoms with Gasteiger partial charge in [-0.2, -0.15) is 19.0 Å². The Morgan fingerprint density at radius 1 is 1.16 bits per heavy atom. The van der Waals surface area contributed by atoms with Gasteiger partial charge in [0.05, 0.1) is 22.9 Å². The van der Waals surface area contributed by atoms with Gasteiger partial charge in [-0.25, -0.2) is 27.9 Å². The molecule has 50 heavy (non-hydrogen) atoms. The zero-order valence-corrected chi connectivity index (χ0v) is 28.2. The second-order valence-corrected chi connectivity index (χ2v) is 14.3. The van der Waals surface area contributed by atoms with E-state index in [0.717, 1.165) is 30.1 Å². The fraction of sp³-hybridized carbons (Fsp3) is 0.394. The molecule has 6 rings (SSSR count). The number of hydrogen-bond donors (Lipinski definition) is 3. The maximum absolute atomic E-state index is 16.3. The molecule has 1 saturated heterocycles. The summed E-state index contributed by atoms with van der Waals surface area (Å²) in [4.78, 5) is 32.7.